The van der Waals surface area contributed by atoms with Gasteiger partial charge in [0.15, 0.2) is 0 Å². The number of benzene rings is 4. The van der Waals surface area contributed by atoms with E-state index in [1.54, 1.807) is 19.2 Å². The number of H-pyrrole nitrogens is 1. The highest BCUT2D eigenvalue weighted by atomic mass is 32.1. The van der Waals surface area contributed by atoms with Gasteiger partial charge in [0.25, 0.3) is 12.2 Å². The second-order valence-corrected chi connectivity index (χ2v) is 15.7. The Kier molecular flexibility index (Phi) is 26.4. The third-order valence-corrected chi connectivity index (χ3v) is 10.7. The van der Waals surface area contributed by atoms with E-state index in [0.29, 0.717) is 19.5 Å². The van der Waals surface area contributed by atoms with Crippen LogP contribution in [-0.4, -0.2) is 90.4 Å². The van der Waals surface area contributed by atoms with Gasteiger partial charge < -0.3 is 50.1 Å². The molecule has 8 rings (SSSR count). The van der Waals surface area contributed by atoms with Gasteiger partial charge in [0.1, 0.15) is 0 Å². The number of methoxy groups -OCH3 is 5. The smallest absolute Gasteiger partial charge is 0.363 e. The van der Waals surface area contributed by atoms with Crippen LogP contribution in [0.1, 0.15) is 77.2 Å². The average molecular weight is 963 g/mol. The summed E-state index contributed by atoms with van der Waals surface area (Å²) in [4.78, 5) is 59.1. The molecule has 0 radical (unpaired) electrons. The van der Waals surface area contributed by atoms with Crippen LogP contribution in [0.3, 0.4) is 0 Å². The normalized spacial score (nSPS) is 15.8. The fraction of sp³-hybridized carbons (Fsp3) is 0.380. The van der Waals surface area contributed by atoms with E-state index in [1.165, 1.54) is 57.8 Å². The lowest BCUT2D eigenvalue weighted by Crippen LogP contribution is -2.56. The zero-order chi connectivity index (χ0) is 50.3. The predicted molar refractivity (Wildman–Crippen MR) is 260 cm³/mol. The summed E-state index contributed by atoms with van der Waals surface area (Å²) in [5.41, 5.74) is 13.4. The Balaban J connectivity index is 0.000000428. The largest absolute Gasteiger partial charge is 0.481 e. The van der Waals surface area contributed by atoms with Crippen LogP contribution in [0, 0.1) is 33.1 Å². The number of piperidine rings is 1. The molecule has 0 spiro atoms. The average Bonchev–Trinajstić information content (AvgIpc) is 3.31. The summed E-state index contributed by atoms with van der Waals surface area (Å²) in [5.74, 6) is -2.01. The van der Waals surface area contributed by atoms with Crippen LogP contribution in [0.15, 0.2) is 102 Å². The van der Waals surface area contributed by atoms with E-state index in [4.69, 9.17) is 23.6 Å². The molecule has 17 nitrogen and oxygen atoms in total. The highest BCUT2D eigenvalue weighted by Gasteiger charge is 2.55. The van der Waals surface area contributed by atoms with Crippen LogP contribution >= 0.6 is 0 Å². The third kappa shape index (κ3) is 17.7. The molecular formula is C50H66N4O13S. The first-order valence-corrected chi connectivity index (χ1v) is 21.5. The number of carboxylic acid groups (broad SMARTS) is 1. The number of pyridine rings is 1. The number of aliphatic carboxylic acids is 1. The second kappa shape index (κ2) is 30.1. The molecule has 1 aliphatic carbocycles. The second-order valence-electron chi connectivity index (χ2n) is 15.5. The number of amides is 2. The topological polar surface area (TPSA) is 252 Å². The summed E-state index contributed by atoms with van der Waals surface area (Å²) in [6.45, 7) is 10.9. The summed E-state index contributed by atoms with van der Waals surface area (Å²) in [6, 6.07) is 29.3. The first kappa shape index (κ1) is 59.6. The molecule has 2 bridgehead atoms. The molecule has 0 saturated carbocycles. The fourth-order valence-corrected chi connectivity index (χ4v) is 7.01. The van der Waals surface area contributed by atoms with Crippen molar-refractivity contribution in [2.45, 2.75) is 86.1 Å². The van der Waals surface area contributed by atoms with Crippen LogP contribution in [0.2, 0.25) is 0 Å². The number of carbonyl (C=O) groups is 4. The van der Waals surface area contributed by atoms with Gasteiger partial charge in [-0.1, -0.05) is 109 Å². The number of aryl methyl sites for hydroxylation is 4. The minimum atomic E-state index is -0.903. The number of nitrogens with two attached hydrogens (primary N) is 1. The van der Waals surface area contributed by atoms with Gasteiger partial charge >= 0.3 is 23.5 Å². The van der Waals surface area contributed by atoms with Gasteiger partial charge in [0.05, 0.1) is 24.5 Å². The molecule has 3 atom stereocenters. The van der Waals surface area contributed by atoms with Crippen LogP contribution < -0.4 is 21.9 Å². The lowest BCUT2D eigenvalue weighted by Gasteiger charge is -2.48. The van der Waals surface area contributed by atoms with Crippen LogP contribution in [0.25, 0.3) is 10.8 Å². The molecule has 3 unspecified atom stereocenters. The number of hydrogen-bond donors (Lipinski definition) is 5. The molecule has 5 aromatic rings. The molecule has 68 heavy (non-hydrogen) atoms. The Morgan fingerprint density at radius 3 is 1.79 bits per heavy atom. The highest BCUT2D eigenvalue weighted by Crippen LogP contribution is 2.53. The van der Waals surface area contributed by atoms with Crippen molar-refractivity contribution in [2.75, 3.05) is 35.5 Å². The van der Waals surface area contributed by atoms with Gasteiger partial charge in [-0.05, 0) is 79.6 Å². The summed E-state index contributed by atoms with van der Waals surface area (Å²) in [7, 11) is 6.86. The maximum absolute atomic E-state index is 12.0. The molecule has 1 fully saturated rings. The number of rotatable bonds is 10. The zero-order valence-corrected chi connectivity index (χ0v) is 40.3. The molecule has 6 N–H and O–H groups in total. The van der Waals surface area contributed by atoms with Crippen molar-refractivity contribution in [1.29, 1.82) is 0 Å². The molecule has 1 aromatic heterocycles. The van der Waals surface area contributed by atoms with E-state index in [2.05, 4.69) is 61.0 Å². The number of aromatic nitrogens is 1. The molecule has 2 aliphatic heterocycles. The number of carboxylic acids is 1. The summed E-state index contributed by atoms with van der Waals surface area (Å²) >= 11 is -0.750. The summed E-state index contributed by atoms with van der Waals surface area (Å²) in [5, 5.41) is 17.1. The molecule has 3 heterocycles. The molecule has 4 aromatic carbocycles. The molecular weight excluding hydrogens is 897 g/mol. The van der Waals surface area contributed by atoms with E-state index in [-0.39, 0.29) is 30.7 Å². The third-order valence-electron chi connectivity index (χ3n) is 10.7. The van der Waals surface area contributed by atoms with Crippen molar-refractivity contribution < 1.29 is 56.4 Å². The first-order valence-electron chi connectivity index (χ1n) is 20.8. The van der Waals surface area contributed by atoms with Gasteiger partial charge in [-0.25, -0.2) is 4.79 Å². The predicted octanol–water partition coefficient (Wildman–Crippen LogP) is 6.01. The van der Waals surface area contributed by atoms with Crippen molar-refractivity contribution in [1.82, 2.24) is 15.6 Å². The Morgan fingerprint density at radius 2 is 1.31 bits per heavy atom. The minimum Gasteiger partial charge on any atom is -0.481 e. The Hall–Kier alpha value is -6.41. The Bertz CT molecular complexity index is 2470. The lowest BCUT2D eigenvalue weighted by atomic mass is 9.61. The maximum Gasteiger partial charge on any atom is 0.363 e. The number of hydrogen-bond acceptors (Lipinski definition) is 13. The standard InChI is InChI=1S/C14H15NO3.C12H17NO3.C10H9NO.C8H11N.C5H10O4.CH4.O2S/c1-7-4-3-5-8-10(7)9-6-14(2,13(17)18)11(8)15-12(9)16;1-9-4-6-10(7-5-9)8-13-11(14)12(15-2)16-3;1-7-2-3-8-6-11-10(12)5-9(8)4-7;1-7-2-4-8(6-9)5-3-7;1-7-4(6)5(8-2)9-3;;1-3-2/h3-5,9,11H,6H2,1-2H3,(H,15,16)(H,17,18);4-7,12H,8H2,1-3H3,(H,13,14);2-6H,1H3,(H,11,12);2-5H,6,9H2,1H3;5H,1-3H3;1H4;. The van der Waals surface area contributed by atoms with Gasteiger partial charge in [-0.2, -0.15) is 8.42 Å². The van der Waals surface area contributed by atoms with Gasteiger partial charge in [-0.15, -0.1) is 0 Å². The van der Waals surface area contributed by atoms with Gasteiger partial charge in [0, 0.05) is 53.8 Å². The molecule has 1 saturated heterocycles. The Labute approximate surface area is 401 Å². The van der Waals surface area contributed by atoms with Crippen molar-refractivity contribution >= 4 is 46.1 Å². The fourth-order valence-electron chi connectivity index (χ4n) is 7.01. The van der Waals surface area contributed by atoms with E-state index in [1.807, 2.05) is 81.4 Å². The highest BCUT2D eigenvalue weighted by molar-refractivity contribution is 7.51. The van der Waals surface area contributed by atoms with Gasteiger partial charge in [-0.3, -0.25) is 19.2 Å². The van der Waals surface area contributed by atoms with Crippen molar-refractivity contribution in [3.63, 3.8) is 0 Å². The minimum absolute atomic E-state index is 0. The van der Waals surface area contributed by atoms with Crippen LogP contribution in [0.5, 0.6) is 0 Å². The monoisotopic (exact) mass is 962 g/mol. The molecule has 18 heteroatoms. The van der Waals surface area contributed by atoms with Crippen molar-refractivity contribution in [2.24, 2.45) is 11.1 Å². The summed E-state index contributed by atoms with van der Waals surface area (Å²) in [6.07, 6.45) is 0.383. The SMILES string of the molecule is C.COC(=O)C(OC)OC.COC(OC)C(=O)NCc1ccc(C)cc1.Cc1ccc(CN)cc1.Cc1ccc2c[nH]c(=O)cc2c1.Cc1cccc2c1C1CC(C)(C(=O)O)C2NC1=O.O=S=O. The van der Waals surface area contributed by atoms with Gasteiger partial charge in [0.2, 0.25) is 17.8 Å². The number of esters is 1. The number of fused-ring (bicyclic) bond motifs is 3. The van der Waals surface area contributed by atoms with Crippen molar-refractivity contribution in [3.8, 4) is 0 Å². The van der Waals surface area contributed by atoms with E-state index in [0.717, 1.165) is 33.0 Å². The number of carbonyl (C=O) groups excluding carboxylic acids is 3. The van der Waals surface area contributed by atoms with Crippen molar-refractivity contribution in [3.05, 3.63) is 152 Å². The van der Waals surface area contributed by atoms with E-state index < -0.39 is 47.5 Å². The molecule has 370 valence electrons. The molecule has 2 amide bonds. The Morgan fingerprint density at radius 1 is 0.779 bits per heavy atom. The lowest BCUT2D eigenvalue weighted by molar-refractivity contribution is -0.180. The quantitative estimate of drug-likeness (QED) is 0.0795. The van der Waals surface area contributed by atoms with Crippen LogP contribution in [-0.2, 0) is 67.5 Å². The van der Waals surface area contributed by atoms with E-state index in [9.17, 15) is 29.1 Å². The first-order chi connectivity index (χ1) is 31.9. The maximum atomic E-state index is 12.0. The molecule has 3 aliphatic rings. The number of aromatic amines is 1. The number of nitrogens with one attached hydrogen (secondary N) is 3. The number of ether oxygens (including phenoxy) is 5. The van der Waals surface area contributed by atoms with E-state index >= 15 is 0 Å². The zero-order valence-electron chi connectivity index (χ0n) is 39.5. The van der Waals surface area contributed by atoms with Crippen LogP contribution in [0.4, 0.5) is 0 Å². The summed E-state index contributed by atoms with van der Waals surface area (Å²) < 4.78 is 39.7.